The van der Waals surface area contributed by atoms with Crippen molar-refractivity contribution in [3.05, 3.63) is 65.9 Å². The molecule has 214 valence electrons. The zero-order valence-electron chi connectivity index (χ0n) is 22.8. The van der Waals surface area contributed by atoms with Crippen LogP contribution in [0.3, 0.4) is 0 Å². The number of amides is 3. The van der Waals surface area contributed by atoms with Gasteiger partial charge in [0.2, 0.25) is 17.7 Å². The van der Waals surface area contributed by atoms with E-state index >= 15 is 0 Å². The van der Waals surface area contributed by atoms with Crippen molar-refractivity contribution in [1.29, 1.82) is 0 Å². The Morgan fingerprint density at radius 2 is 1.57 bits per heavy atom. The molecule has 0 aliphatic rings. The monoisotopic (exact) mass is 551 g/mol. The molecule has 8 N–H and O–H groups in total. The van der Waals surface area contributed by atoms with Crippen LogP contribution in [0.25, 0.3) is 10.9 Å². The predicted molar refractivity (Wildman–Crippen MR) is 150 cm³/mol. The van der Waals surface area contributed by atoms with Gasteiger partial charge in [-0.3, -0.25) is 14.4 Å². The highest BCUT2D eigenvalue weighted by Gasteiger charge is 2.31. The normalized spacial score (nSPS) is 14.9. The van der Waals surface area contributed by atoms with Gasteiger partial charge < -0.3 is 36.9 Å². The number of aromatic amines is 1. The molecule has 1 heterocycles. The molecule has 11 heteroatoms. The van der Waals surface area contributed by atoms with Crippen LogP contribution in [0.15, 0.2) is 54.7 Å². The van der Waals surface area contributed by atoms with Crippen molar-refractivity contribution in [2.24, 2.45) is 11.7 Å². The highest BCUT2D eigenvalue weighted by atomic mass is 16.4. The number of H-pyrrole nitrogens is 1. The molecule has 5 atom stereocenters. The van der Waals surface area contributed by atoms with E-state index in [0.717, 1.165) is 22.0 Å². The van der Waals surface area contributed by atoms with Gasteiger partial charge in [-0.15, -0.1) is 0 Å². The Morgan fingerprint density at radius 1 is 0.900 bits per heavy atom. The SMILES string of the molecule is CCC(C)C(NC(=O)C(N)Cc1ccc(O)cc1)C(=O)NC(C)C(=O)NC(Cc1c[nH]c2ccccc12)C(=O)O. The minimum atomic E-state index is -1.21. The summed E-state index contributed by atoms with van der Waals surface area (Å²) < 4.78 is 0. The zero-order chi connectivity index (χ0) is 29.4. The van der Waals surface area contributed by atoms with Gasteiger partial charge in [0.05, 0.1) is 6.04 Å². The third-order valence-corrected chi connectivity index (χ3v) is 6.99. The smallest absolute Gasteiger partial charge is 0.326 e. The molecule has 0 aliphatic carbocycles. The maximum Gasteiger partial charge on any atom is 0.326 e. The Bertz CT molecular complexity index is 1340. The van der Waals surface area contributed by atoms with Gasteiger partial charge >= 0.3 is 5.97 Å². The molecule has 2 aromatic carbocycles. The summed E-state index contributed by atoms with van der Waals surface area (Å²) in [7, 11) is 0. The van der Waals surface area contributed by atoms with Gasteiger partial charge in [-0.2, -0.15) is 0 Å². The van der Waals surface area contributed by atoms with Crippen molar-refractivity contribution >= 4 is 34.6 Å². The first kappa shape index (κ1) is 30.2. The Labute approximate surface area is 232 Å². The molecule has 0 aliphatic heterocycles. The number of aromatic nitrogens is 1. The van der Waals surface area contributed by atoms with Crippen LogP contribution in [0.2, 0.25) is 0 Å². The summed E-state index contributed by atoms with van der Waals surface area (Å²) in [6.45, 7) is 5.11. The summed E-state index contributed by atoms with van der Waals surface area (Å²) >= 11 is 0. The Hall–Kier alpha value is -4.38. The van der Waals surface area contributed by atoms with E-state index in [1.54, 1.807) is 25.3 Å². The van der Waals surface area contributed by atoms with Crippen molar-refractivity contribution in [3.63, 3.8) is 0 Å². The number of carbonyl (C=O) groups excluding carboxylic acids is 3. The molecule has 0 saturated carbocycles. The number of nitrogens with two attached hydrogens (primary N) is 1. The molecule has 0 radical (unpaired) electrons. The number of hydrogen-bond acceptors (Lipinski definition) is 6. The quantitative estimate of drug-likeness (QED) is 0.168. The fourth-order valence-corrected chi connectivity index (χ4v) is 4.33. The molecule has 11 nitrogen and oxygen atoms in total. The van der Waals surface area contributed by atoms with Gasteiger partial charge in [0, 0.05) is 23.5 Å². The van der Waals surface area contributed by atoms with E-state index in [1.807, 2.05) is 31.2 Å². The van der Waals surface area contributed by atoms with Gasteiger partial charge in [-0.05, 0) is 48.6 Å². The zero-order valence-corrected chi connectivity index (χ0v) is 22.8. The number of carboxylic acid groups (broad SMARTS) is 1. The van der Waals surface area contributed by atoms with Crippen LogP contribution in [-0.2, 0) is 32.0 Å². The largest absolute Gasteiger partial charge is 0.508 e. The minimum absolute atomic E-state index is 0.0518. The Kier molecular flexibility index (Phi) is 10.3. The number of carboxylic acids is 1. The summed E-state index contributed by atoms with van der Waals surface area (Å²) in [5.41, 5.74) is 8.41. The van der Waals surface area contributed by atoms with E-state index in [-0.39, 0.29) is 24.5 Å². The van der Waals surface area contributed by atoms with Crippen molar-refractivity contribution in [3.8, 4) is 5.75 Å². The second kappa shape index (κ2) is 13.6. The summed E-state index contributed by atoms with van der Waals surface area (Å²) in [5, 5.41) is 27.8. The van der Waals surface area contributed by atoms with Gasteiger partial charge in [-0.1, -0.05) is 50.6 Å². The number of fused-ring (bicyclic) bond motifs is 1. The predicted octanol–water partition coefficient (Wildman–Crippen LogP) is 1.59. The number of carbonyl (C=O) groups is 4. The highest BCUT2D eigenvalue weighted by molar-refractivity contribution is 5.94. The maximum atomic E-state index is 13.1. The topological polar surface area (TPSA) is 187 Å². The molecule has 3 aromatic rings. The number of phenolic OH excluding ortho intramolecular Hbond substituents is 1. The second-order valence-corrected chi connectivity index (χ2v) is 10.0. The van der Waals surface area contributed by atoms with E-state index < -0.39 is 47.9 Å². The first-order chi connectivity index (χ1) is 19.0. The van der Waals surface area contributed by atoms with E-state index in [1.165, 1.54) is 19.1 Å². The average Bonchev–Trinajstić information content (AvgIpc) is 3.34. The van der Waals surface area contributed by atoms with Crippen LogP contribution in [-0.4, -0.2) is 63.1 Å². The van der Waals surface area contributed by atoms with Gasteiger partial charge in [0.1, 0.15) is 23.9 Å². The lowest BCUT2D eigenvalue weighted by molar-refractivity contribution is -0.142. The molecule has 0 bridgehead atoms. The van der Waals surface area contributed by atoms with Gasteiger partial charge in [0.25, 0.3) is 0 Å². The van der Waals surface area contributed by atoms with Crippen LogP contribution in [0.1, 0.15) is 38.3 Å². The van der Waals surface area contributed by atoms with Crippen molar-refractivity contribution in [2.45, 2.75) is 64.2 Å². The summed E-state index contributed by atoms with van der Waals surface area (Å²) in [5.74, 6) is -3.15. The number of rotatable bonds is 13. The Morgan fingerprint density at radius 3 is 2.23 bits per heavy atom. The number of aromatic hydroxyl groups is 1. The number of para-hydroxylation sites is 1. The fourth-order valence-electron chi connectivity index (χ4n) is 4.33. The molecular formula is C29H37N5O6. The van der Waals surface area contributed by atoms with Gasteiger partial charge in [0.15, 0.2) is 0 Å². The molecule has 3 rings (SSSR count). The number of benzene rings is 2. The molecule has 0 spiro atoms. The molecular weight excluding hydrogens is 514 g/mol. The first-order valence-corrected chi connectivity index (χ1v) is 13.2. The number of nitrogens with one attached hydrogen (secondary N) is 4. The maximum absolute atomic E-state index is 13.1. The van der Waals surface area contributed by atoms with Crippen molar-refractivity contribution < 1.29 is 29.4 Å². The van der Waals surface area contributed by atoms with Crippen molar-refractivity contribution in [2.75, 3.05) is 0 Å². The van der Waals surface area contributed by atoms with E-state index in [0.29, 0.717) is 6.42 Å². The molecule has 3 amide bonds. The first-order valence-electron chi connectivity index (χ1n) is 13.2. The third kappa shape index (κ3) is 7.82. The van der Waals surface area contributed by atoms with Crippen LogP contribution in [0.4, 0.5) is 0 Å². The standard InChI is InChI=1S/C29H37N5O6/c1-4-16(2)25(34-27(37)22(30)13-18-9-11-20(35)12-10-18)28(38)32-17(3)26(36)33-24(29(39)40)14-19-15-31-23-8-6-5-7-21(19)23/h5-12,15-17,22,24-25,31,35H,4,13-14,30H2,1-3H3,(H,32,38)(H,33,36)(H,34,37)(H,39,40). The van der Waals surface area contributed by atoms with E-state index in [9.17, 15) is 29.4 Å². The lowest BCUT2D eigenvalue weighted by atomic mass is 9.97. The second-order valence-electron chi connectivity index (χ2n) is 10.0. The van der Waals surface area contributed by atoms with Crippen LogP contribution in [0, 0.1) is 5.92 Å². The summed E-state index contributed by atoms with van der Waals surface area (Å²) in [6.07, 6.45) is 2.53. The number of hydrogen-bond donors (Lipinski definition) is 7. The van der Waals surface area contributed by atoms with E-state index in [4.69, 9.17) is 5.73 Å². The lowest BCUT2D eigenvalue weighted by Gasteiger charge is -2.27. The molecule has 0 saturated heterocycles. The fraction of sp³-hybridized carbons (Fsp3) is 0.379. The third-order valence-electron chi connectivity index (χ3n) is 6.99. The number of aliphatic carboxylic acids is 1. The minimum Gasteiger partial charge on any atom is -0.508 e. The van der Waals surface area contributed by atoms with Crippen LogP contribution in [0.5, 0.6) is 5.75 Å². The average molecular weight is 552 g/mol. The van der Waals surface area contributed by atoms with Crippen LogP contribution >= 0.6 is 0 Å². The molecule has 0 fully saturated rings. The number of phenols is 1. The summed E-state index contributed by atoms with van der Waals surface area (Å²) in [6, 6.07) is 9.58. The van der Waals surface area contributed by atoms with Crippen LogP contribution < -0.4 is 21.7 Å². The molecule has 1 aromatic heterocycles. The Balaban J connectivity index is 1.61. The molecule has 5 unspecified atom stereocenters. The molecule has 40 heavy (non-hydrogen) atoms. The summed E-state index contributed by atoms with van der Waals surface area (Å²) in [4.78, 5) is 53.9. The van der Waals surface area contributed by atoms with Crippen molar-refractivity contribution in [1.82, 2.24) is 20.9 Å². The van der Waals surface area contributed by atoms with Gasteiger partial charge in [-0.25, -0.2) is 4.79 Å². The van der Waals surface area contributed by atoms with E-state index in [2.05, 4.69) is 20.9 Å². The highest BCUT2D eigenvalue weighted by Crippen LogP contribution is 2.19. The lowest BCUT2D eigenvalue weighted by Crippen LogP contribution is -2.58.